The molecule has 1 amide bonds. The van der Waals surface area contributed by atoms with E-state index in [1.807, 2.05) is 13.0 Å². The van der Waals surface area contributed by atoms with Crippen LogP contribution in [0, 0.1) is 17.1 Å². The second kappa shape index (κ2) is 7.39. The zero-order valence-corrected chi connectivity index (χ0v) is 12.2. The molecule has 0 bridgehead atoms. The number of benzene rings is 1. The lowest BCUT2D eigenvalue weighted by Crippen LogP contribution is -2.25. The molecule has 1 N–H and O–H groups in total. The van der Waals surface area contributed by atoms with Crippen molar-refractivity contribution in [3.05, 3.63) is 28.0 Å². The SMILES string of the molecule is CCCNC(=O)CSc1ccc(C#N)c(Br)c1F. The first-order valence-corrected chi connectivity index (χ1v) is 7.15. The highest BCUT2D eigenvalue weighted by molar-refractivity contribution is 9.10. The lowest BCUT2D eigenvalue weighted by molar-refractivity contribution is -0.118. The molecule has 0 saturated carbocycles. The van der Waals surface area contributed by atoms with Gasteiger partial charge in [0, 0.05) is 11.4 Å². The van der Waals surface area contributed by atoms with E-state index >= 15 is 0 Å². The zero-order chi connectivity index (χ0) is 13.5. The van der Waals surface area contributed by atoms with Gasteiger partial charge in [0.1, 0.15) is 6.07 Å². The summed E-state index contributed by atoms with van der Waals surface area (Å²) in [5, 5.41) is 11.4. The van der Waals surface area contributed by atoms with Crippen molar-refractivity contribution in [2.75, 3.05) is 12.3 Å². The number of hydrogen-bond acceptors (Lipinski definition) is 3. The Bertz CT molecular complexity index is 488. The molecule has 0 fully saturated rings. The molecule has 0 aromatic heterocycles. The molecular formula is C12H12BrFN2OS. The third kappa shape index (κ3) is 4.00. The highest BCUT2D eigenvalue weighted by Gasteiger charge is 2.12. The molecule has 6 heteroatoms. The van der Waals surface area contributed by atoms with Gasteiger partial charge in [-0.25, -0.2) is 4.39 Å². The number of nitriles is 1. The van der Waals surface area contributed by atoms with Gasteiger partial charge in [-0.05, 0) is 34.5 Å². The van der Waals surface area contributed by atoms with Crippen molar-refractivity contribution in [1.82, 2.24) is 5.32 Å². The van der Waals surface area contributed by atoms with E-state index in [1.54, 1.807) is 0 Å². The van der Waals surface area contributed by atoms with Gasteiger partial charge in [0.05, 0.1) is 15.8 Å². The fourth-order valence-electron chi connectivity index (χ4n) is 1.19. The summed E-state index contributed by atoms with van der Waals surface area (Å²) in [6.45, 7) is 2.59. The van der Waals surface area contributed by atoms with Crippen LogP contribution in [0.5, 0.6) is 0 Å². The molecule has 0 aliphatic heterocycles. The first-order valence-electron chi connectivity index (χ1n) is 5.37. The minimum atomic E-state index is -0.498. The van der Waals surface area contributed by atoms with E-state index in [4.69, 9.17) is 5.26 Å². The Balaban J connectivity index is 2.67. The quantitative estimate of drug-likeness (QED) is 0.844. The zero-order valence-electron chi connectivity index (χ0n) is 9.80. The van der Waals surface area contributed by atoms with Crippen molar-refractivity contribution < 1.29 is 9.18 Å². The number of carbonyl (C=O) groups excluding carboxylic acids is 1. The molecule has 1 rings (SSSR count). The van der Waals surface area contributed by atoms with Crippen molar-refractivity contribution in [2.24, 2.45) is 0 Å². The monoisotopic (exact) mass is 330 g/mol. The summed E-state index contributed by atoms with van der Waals surface area (Å²) < 4.78 is 13.9. The molecular weight excluding hydrogens is 319 g/mol. The van der Waals surface area contributed by atoms with E-state index < -0.39 is 5.82 Å². The van der Waals surface area contributed by atoms with Gasteiger partial charge < -0.3 is 5.32 Å². The van der Waals surface area contributed by atoms with Crippen molar-refractivity contribution >= 4 is 33.6 Å². The Morgan fingerprint density at radius 2 is 2.33 bits per heavy atom. The van der Waals surface area contributed by atoms with Crippen LogP contribution in [0.15, 0.2) is 21.5 Å². The van der Waals surface area contributed by atoms with Crippen molar-refractivity contribution in [3.63, 3.8) is 0 Å². The molecule has 1 aromatic rings. The van der Waals surface area contributed by atoms with Crippen LogP contribution < -0.4 is 5.32 Å². The van der Waals surface area contributed by atoms with Gasteiger partial charge in [-0.2, -0.15) is 5.26 Å². The molecule has 96 valence electrons. The summed E-state index contributed by atoms with van der Waals surface area (Å²) >= 11 is 4.14. The Kier molecular flexibility index (Phi) is 6.16. The van der Waals surface area contributed by atoms with Gasteiger partial charge in [0.15, 0.2) is 5.82 Å². The predicted octanol–water partition coefficient (Wildman–Crippen LogP) is 3.08. The Morgan fingerprint density at radius 1 is 1.61 bits per heavy atom. The number of halogens is 2. The summed E-state index contributed by atoms with van der Waals surface area (Å²) in [5.41, 5.74) is 0.243. The van der Waals surface area contributed by atoms with Crippen LogP contribution >= 0.6 is 27.7 Å². The maximum atomic E-state index is 13.8. The number of nitrogens with one attached hydrogen (secondary N) is 1. The molecule has 0 saturated heterocycles. The van der Waals surface area contributed by atoms with Gasteiger partial charge in [0.2, 0.25) is 5.91 Å². The molecule has 0 aliphatic carbocycles. The second-order valence-corrected chi connectivity index (χ2v) is 5.30. The van der Waals surface area contributed by atoms with Crippen LogP contribution in [-0.2, 0) is 4.79 Å². The number of hydrogen-bond donors (Lipinski definition) is 1. The lowest BCUT2D eigenvalue weighted by Gasteiger charge is -2.06. The van der Waals surface area contributed by atoms with Gasteiger partial charge in [-0.3, -0.25) is 4.79 Å². The number of carbonyl (C=O) groups is 1. The smallest absolute Gasteiger partial charge is 0.230 e. The summed E-state index contributed by atoms with van der Waals surface area (Å²) in [6.07, 6.45) is 0.868. The summed E-state index contributed by atoms with van der Waals surface area (Å²) in [4.78, 5) is 11.7. The fraction of sp³-hybridized carbons (Fsp3) is 0.333. The number of thioether (sulfide) groups is 1. The molecule has 1 aromatic carbocycles. The van der Waals surface area contributed by atoms with E-state index in [9.17, 15) is 9.18 Å². The van der Waals surface area contributed by atoms with Gasteiger partial charge in [-0.1, -0.05) is 6.92 Å². The molecule has 0 spiro atoms. The number of rotatable bonds is 5. The molecule has 0 atom stereocenters. The maximum Gasteiger partial charge on any atom is 0.230 e. The molecule has 0 unspecified atom stereocenters. The summed E-state index contributed by atoms with van der Waals surface area (Å²) in [7, 11) is 0. The maximum absolute atomic E-state index is 13.8. The van der Waals surface area contributed by atoms with Crippen LogP contribution in [0.1, 0.15) is 18.9 Å². The van der Waals surface area contributed by atoms with E-state index in [-0.39, 0.29) is 21.7 Å². The number of amides is 1. The molecule has 0 heterocycles. The summed E-state index contributed by atoms with van der Waals surface area (Å²) in [5.74, 6) is -0.459. The van der Waals surface area contributed by atoms with E-state index in [0.717, 1.165) is 18.2 Å². The Morgan fingerprint density at radius 3 is 2.94 bits per heavy atom. The average Bonchev–Trinajstić information content (AvgIpc) is 2.38. The first-order chi connectivity index (χ1) is 8.60. The van der Waals surface area contributed by atoms with Crippen molar-refractivity contribution in [3.8, 4) is 6.07 Å². The lowest BCUT2D eigenvalue weighted by atomic mass is 10.2. The van der Waals surface area contributed by atoms with E-state index in [2.05, 4.69) is 21.2 Å². The highest BCUT2D eigenvalue weighted by atomic mass is 79.9. The molecule has 3 nitrogen and oxygen atoms in total. The average molecular weight is 331 g/mol. The Labute approximate surface area is 118 Å². The van der Waals surface area contributed by atoms with Crippen molar-refractivity contribution in [2.45, 2.75) is 18.2 Å². The van der Waals surface area contributed by atoms with E-state index in [1.165, 1.54) is 12.1 Å². The largest absolute Gasteiger partial charge is 0.355 e. The van der Waals surface area contributed by atoms with Crippen LogP contribution in [-0.4, -0.2) is 18.2 Å². The topological polar surface area (TPSA) is 52.9 Å². The van der Waals surface area contributed by atoms with Gasteiger partial charge in [-0.15, -0.1) is 11.8 Å². The van der Waals surface area contributed by atoms with Crippen LogP contribution in [0.2, 0.25) is 0 Å². The van der Waals surface area contributed by atoms with Crippen molar-refractivity contribution in [1.29, 1.82) is 5.26 Å². The third-order valence-electron chi connectivity index (χ3n) is 2.10. The number of nitrogens with zero attached hydrogens (tertiary/aromatic N) is 1. The van der Waals surface area contributed by atoms with Gasteiger partial charge in [0.25, 0.3) is 0 Å². The summed E-state index contributed by atoms with van der Waals surface area (Å²) in [6, 6.07) is 4.92. The van der Waals surface area contributed by atoms with Crippen LogP contribution in [0.4, 0.5) is 4.39 Å². The third-order valence-corrected chi connectivity index (χ3v) is 3.91. The Hall–Kier alpha value is -1.06. The van der Waals surface area contributed by atoms with Gasteiger partial charge >= 0.3 is 0 Å². The predicted molar refractivity (Wildman–Crippen MR) is 72.8 cm³/mol. The standard InChI is InChI=1S/C12H12BrFN2OS/c1-2-5-16-10(17)7-18-9-4-3-8(6-15)11(13)12(9)14/h3-4H,2,5,7H2,1H3,(H,16,17). The second-order valence-electron chi connectivity index (χ2n) is 3.49. The first kappa shape index (κ1) is 15.0. The molecule has 0 radical (unpaired) electrons. The molecule has 0 aliphatic rings. The van der Waals surface area contributed by atoms with E-state index in [0.29, 0.717) is 11.4 Å². The normalized spacial score (nSPS) is 9.89. The van der Waals surface area contributed by atoms with Crippen LogP contribution in [0.3, 0.4) is 0 Å². The minimum Gasteiger partial charge on any atom is -0.355 e. The minimum absolute atomic E-state index is 0.123. The molecule has 18 heavy (non-hydrogen) atoms. The fourth-order valence-corrected chi connectivity index (χ4v) is 2.54. The van der Waals surface area contributed by atoms with Crippen LogP contribution in [0.25, 0.3) is 0 Å². The highest BCUT2D eigenvalue weighted by Crippen LogP contribution is 2.29.